The van der Waals surface area contributed by atoms with E-state index in [2.05, 4.69) is 28.1 Å². The summed E-state index contributed by atoms with van der Waals surface area (Å²) in [6.07, 6.45) is 7.01. The van der Waals surface area contributed by atoms with E-state index < -0.39 is 0 Å². The molecule has 0 atom stereocenters. The quantitative estimate of drug-likeness (QED) is 0.386. The molecule has 0 aliphatic heterocycles. The number of aryl methyl sites for hydroxylation is 2. The maximum atomic E-state index is 11.5. The van der Waals surface area contributed by atoms with Crippen molar-refractivity contribution in [2.45, 2.75) is 39.2 Å². The van der Waals surface area contributed by atoms with Crippen LogP contribution in [-0.2, 0) is 17.8 Å². The minimum absolute atomic E-state index is 0.0422. The molecular weight excluding hydrogens is 362 g/mol. The van der Waals surface area contributed by atoms with E-state index in [0.717, 1.165) is 49.3 Å². The second-order valence-corrected chi connectivity index (χ2v) is 6.93. The molecular formula is C24H29N3O2. The number of para-hydroxylation sites is 3. The number of hydrogen-bond donors (Lipinski definition) is 1. The highest BCUT2D eigenvalue weighted by Crippen LogP contribution is 2.18. The van der Waals surface area contributed by atoms with E-state index in [4.69, 9.17) is 9.72 Å². The molecule has 0 aliphatic rings. The van der Waals surface area contributed by atoms with Gasteiger partial charge in [0.15, 0.2) is 0 Å². The van der Waals surface area contributed by atoms with E-state index in [-0.39, 0.29) is 5.91 Å². The molecule has 1 N–H and O–H groups in total. The van der Waals surface area contributed by atoms with Crippen LogP contribution in [0.15, 0.2) is 66.7 Å². The van der Waals surface area contributed by atoms with Gasteiger partial charge in [0.05, 0.1) is 17.6 Å². The Hall–Kier alpha value is -3.08. The highest BCUT2D eigenvalue weighted by molar-refractivity contribution is 5.87. The fourth-order valence-corrected chi connectivity index (χ4v) is 3.31. The monoisotopic (exact) mass is 391 g/mol. The summed E-state index contributed by atoms with van der Waals surface area (Å²) in [5.74, 6) is 1.95. The third-order valence-corrected chi connectivity index (χ3v) is 4.72. The minimum atomic E-state index is -0.0422. The van der Waals surface area contributed by atoms with Gasteiger partial charge in [-0.15, -0.1) is 0 Å². The SMILES string of the molecule is C/C=C\C(=O)NCCCc1nc2ccccc2n1CCCCOc1ccccc1. The largest absolute Gasteiger partial charge is 0.494 e. The molecule has 1 amide bonds. The van der Waals surface area contributed by atoms with Gasteiger partial charge in [-0.25, -0.2) is 4.98 Å². The van der Waals surface area contributed by atoms with Crippen LogP contribution in [-0.4, -0.2) is 28.6 Å². The van der Waals surface area contributed by atoms with Crippen LogP contribution in [0.4, 0.5) is 0 Å². The van der Waals surface area contributed by atoms with E-state index in [0.29, 0.717) is 13.2 Å². The van der Waals surface area contributed by atoms with Crippen LogP contribution in [0.3, 0.4) is 0 Å². The second kappa shape index (κ2) is 11.1. The van der Waals surface area contributed by atoms with Crippen LogP contribution in [0.2, 0.25) is 0 Å². The van der Waals surface area contributed by atoms with E-state index in [1.165, 1.54) is 5.52 Å². The summed E-state index contributed by atoms with van der Waals surface area (Å²) in [7, 11) is 0. The first-order valence-electron chi connectivity index (χ1n) is 10.3. The average Bonchev–Trinajstić information content (AvgIpc) is 3.09. The topological polar surface area (TPSA) is 56.2 Å². The summed E-state index contributed by atoms with van der Waals surface area (Å²) < 4.78 is 8.11. The Bertz CT molecular complexity index is 932. The first kappa shape index (κ1) is 20.6. The van der Waals surface area contributed by atoms with Crippen molar-refractivity contribution in [1.29, 1.82) is 0 Å². The van der Waals surface area contributed by atoms with Gasteiger partial charge in [0.25, 0.3) is 0 Å². The number of unbranched alkanes of at least 4 members (excludes halogenated alkanes) is 1. The van der Waals surface area contributed by atoms with E-state index in [9.17, 15) is 4.79 Å². The Labute approximate surface area is 172 Å². The number of nitrogens with one attached hydrogen (secondary N) is 1. The Morgan fingerprint density at radius 2 is 1.86 bits per heavy atom. The Balaban J connectivity index is 1.53. The van der Waals surface area contributed by atoms with E-state index in [1.54, 1.807) is 12.2 Å². The zero-order chi connectivity index (χ0) is 20.3. The highest BCUT2D eigenvalue weighted by Gasteiger charge is 2.10. The molecule has 5 heteroatoms. The molecule has 3 aromatic rings. The van der Waals surface area contributed by atoms with Crippen LogP contribution in [0.25, 0.3) is 11.0 Å². The fraction of sp³-hybridized carbons (Fsp3) is 0.333. The van der Waals surface area contributed by atoms with Gasteiger partial charge in [-0.3, -0.25) is 4.79 Å². The molecule has 0 saturated heterocycles. The van der Waals surface area contributed by atoms with E-state index >= 15 is 0 Å². The molecule has 0 fully saturated rings. The second-order valence-electron chi connectivity index (χ2n) is 6.93. The van der Waals surface area contributed by atoms with Gasteiger partial charge >= 0.3 is 0 Å². The number of amides is 1. The van der Waals surface area contributed by atoms with Crippen LogP contribution in [0, 0.1) is 0 Å². The molecule has 29 heavy (non-hydrogen) atoms. The van der Waals surface area contributed by atoms with Crippen molar-refractivity contribution < 1.29 is 9.53 Å². The summed E-state index contributed by atoms with van der Waals surface area (Å²) >= 11 is 0. The van der Waals surface area contributed by atoms with Gasteiger partial charge in [-0.1, -0.05) is 36.4 Å². The number of carbonyl (C=O) groups excluding carboxylic acids is 1. The van der Waals surface area contributed by atoms with Crippen molar-refractivity contribution in [3.05, 3.63) is 72.6 Å². The number of fused-ring (bicyclic) bond motifs is 1. The predicted molar refractivity (Wildman–Crippen MR) is 117 cm³/mol. The molecule has 1 aromatic heterocycles. The minimum Gasteiger partial charge on any atom is -0.494 e. The first-order valence-corrected chi connectivity index (χ1v) is 10.3. The van der Waals surface area contributed by atoms with Gasteiger partial charge in [-0.2, -0.15) is 0 Å². The van der Waals surface area contributed by atoms with Gasteiger partial charge in [0.1, 0.15) is 11.6 Å². The van der Waals surface area contributed by atoms with E-state index in [1.807, 2.05) is 43.3 Å². The summed E-state index contributed by atoms with van der Waals surface area (Å²) in [4.78, 5) is 16.4. The smallest absolute Gasteiger partial charge is 0.243 e. The molecule has 2 aromatic carbocycles. The molecule has 0 aliphatic carbocycles. The van der Waals surface area contributed by atoms with Crippen LogP contribution in [0.5, 0.6) is 5.75 Å². The molecule has 152 valence electrons. The maximum Gasteiger partial charge on any atom is 0.243 e. The van der Waals surface area contributed by atoms with Crippen molar-refractivity contribution in [2.24, 2.45) is 0 Å². The van der Waals surface area contributed by atoms with Crippen LogP contribution < -0.4 is 10.1 Å². The highest BCUT2D eigenvalue weighted by atomic mass is 16.5. The van der Waals surface area contributed by atoms with Gasteiger partial charge in [0, 0.05) is 19.5 Å². The van der Waals surface area contributed by atoms with Gasteiger partial charge < -0.3 is 14.6 Å². The number of rotatable bonds is 11. The number of aromatic nitrogens is 2. The number of hydrogen-bond acceptors (Lipinski definition) is 3. The van der Waals surface area contributed by atoms with Crippen molar-refractivity contribution >= 4 is 16.9 Å². The summed E-state index contributed by atoms with van der Waals surface area (Å²) in [5, 5.41) is 2.90. The van der Waals surface area contributed by atoms with Crippen LogP contribution >= 0.6 is 0 Å². The predicted octanol–water partition coefficient (Wildman–Crippen LogP) is 4.52. The Kier molecular flexibility index (Phi) is 7.87. The number of imidazole rings is 1. The third kappa shape index (κ3) is 6.21. The molecule has 0 spiro atoms. The standard InChI is InChI=1S/C24H29N3O2/c1-2-11-24(28)25-17-10-16-23-26-21-14-6-7-15-22(21)27(23)18-8-9-19-29-20-12-4-3-5-13-20/h2-7,11-15H,8-10,16-19H2,1H3,(H,25,28)/b11-2-. The molecule has 1 heterocycles. The van der Waals surface area contributed by atoms with Crippen molar-refractivity contribution in [3.8, 4) is 5.75 Å². The molecule has 3 rings (SSSR count). The summed E-state index contributed by atoms with van der Waals surface area (Å²) in [6, 6.07) is 18.2. The number of ether oxygens (including phenoxy) is 1. The number of allylic oxidation sites excluding steroid dienone is 1. The maximum absolute atomic E-state index is 11.5. The zero-order valence-electron chi connectivity index (χ0n) is 17.0. The number of nitrogens with zero attached hydrogens (tertiary/aromatic N) is 2. The first-order chi connectivity index (χ1) is 14.3. The number of carbonyl (C=O) groups is 1. The average molecular weight is 392 g/mol. The molecule has 0 saturated carbocycles. The fourth-order valence-electron chi connectivity index (χ4n) is 3.31. The Morgan fingerprint density at radius 3 is 2.69 bits per heavy atom. The van der Waals surface area contributed by atoms with Crippen molar-refractivity contribution in [3.63, 3.8) is 0 Å². The molecule has 0 radical (unpaired) electrons. The van der Waals surface area contributed by atoms with Gasteiger partial charge in [-0.05, 0) is 56.5 Å². The summed E-state index contributed by atoms with van der Waals surface area (Å²) in [6.45, 7) is 4.12. The molecule has 0 unspecified atom stereocenters. The molecule has 5 nitrogen and oxygen atoms in total. The van der Waals surface area contributed by atoms with Gasteiger partial charge in [0.2, 0.25) is 5.91 Å². The third-order valence-electron chi connectivity index (χ3n) is 4.72. The lowest BCUT2D eigenvalue weighted by atomic mass is 10.2. The summed E-state index contributed by atoms with van der Waals surface area (Å²) in [5.41, 5.74) is 2.20. The van der Waals surface area contributed by atoms with Crippen molar-refractivity contribution in [2.75, 3.05) is 13.2 Å². The molecule has 0 bridgehead atoms. The Morgan fingerprint density at radius 1 is 1.07 bits per heavy atom. The zero-order valence-corrected chi connectivity index (χ0v) is 17.0. The number of benzene rings is 2. The lowest BCUT2D eigenvalue weighted by Gasteiger charge is -2.10. The normalized spacial score (nSPS) is 11.2. The van der Waals surface area contributed by atoms with Crippen LogP contribution in [0.1, 0.15) is 32.0 Å². The van der Waals surface area contributed by atoms with Crippen molar-refractivity contribution in [1.82, 2.24) is 14.9 Å². The lowest BCUT2D eigenvalue weighted by Crippen LogP contribution is -2.22. The lowest BCUT2D eigenvalue weighted by molar-refractivity contribution is -0.116.